The van der Waals surface area contributed by atoms with Gasteiger partial charge in [-0.1, -0.05) is 54.4 Å². The molecule has 0 N–H and O–H groups in total. The lowest BCUT2D eigenvalue weighted by molar-refractivity contribution is -0.122. The molecule has 1 amide bonds. The average Bonchev–Trinajstić information content (AvgIpc) is 3.32. The number of rotatable bonds is 5. The number of carbonyl (C=O) groups is 1. The summed E-state index contributed by atoms with van der Waals surface area (Å²) in [7, 11) is 0. The summed E-state index contributed by atoms with van der Waals surface area (Å²) in [5, 5.41) is 1.57. The number of aliphatic imine (C=N–C) groups is 1. The minimum Gasteiger partial charge on any atom is -0.457 e. The van der Waals surface area contributed by atoms with Crippen molar-refractivity contribution in [2.24, 2.45) is 4.99 Å². The summed E-state index contributed by atoms with van der Waals surface area (Å²) in [5.74, 6) is 1.08. The summed E-state index contributed by atoms with van der Waals surface area (Å²) in [6.45, 7) is 2.64. The highest BCUT2D eigenvalue weighted by molar-refractivity contribution is 8.18. The van der Waals surface area contributed by atoms with Crippen LogP contribution < -0.4 is 0 Å². The molecular weight excluding hydrogens is 439 g/mol. The first-order valence-corrected chi connectivity index (χ1v) is 11.0. The number of amidine groups is 1. The van der Waals surface area contributed by atoms with Gasteiger partial charge in [-0.2, -0.15) is 0 Å². The first-order chi connectivity index (χ1) is 14.6. The number of hydrogen-bond donors (Lipinski definition) is 0. The Morgan fingerprint density at radius 2 is 1.87 bits per heavy atom. The molecule has 4 rings (SSSR count). The molecule has 152 valence electrons. The molecule has 1 fully saturated rings. The third kappa shape index (κ3) is 4.33. The highest BCUT2D eigenvalue weighted by Gasteiger charge is 2.33. The van der Waals surface area contributed by atoms with Gasteiger partial charge >= 0.3 is 0 Å². The van der Waals surface area contributed by atoms with Crippen molar-refractivity contribution < 1.29 is 9.21 Å². The van der Waals surface area contributed by atoms with E-state index in [0.717, 1.165) is 12.1 Å². The lowest BCUT2D eigenvalue weighted by Crippen LogP contribution is -2.29. The van der Waals surface area contributed by atoms with Crippen LogP contribution in [-0.4, -0.2) is 22.5 Å². The topological polar surface area (TPSA) is 45.8 Å². The minimum absolute atomic E-state index is 0.0738. The lowest BCUT2D eigenvalue weighted by atomic mass is 10.2. The summed E-state index contributed by atoms with van der Waals surface area (Å²) in [6, 6.07) is 18.6. The summed E-state index contributed by atoms with van der Waals surface area (Å²) >= 11 is 13.7. The highest BCUT2D eigenvalue weighted by Crippen LogP contribution is 2.37. The van der Waals surface area contributed by atoms with Crippen LogP contribution >= 0.6 is 35.0 Å². The van der Waals surface area contributed by atoms with Crippen LogP contribution in [0.3, 0.4) is 0 Å². The Kier molecular flexibility index (Phi) is 6.32. The van der Waals surface area contributed by atoms with Gasteiger partial charge in [-0.3, -0.25) is 9.69 Å². The fourth-order valence-electron chi connectivity index (χ4n) is 3.02. The SMILES string of the molecule is CCCN1C(=O)C(=Cc2ccc(-c3cccc(Cl)c3Cl)o2)SC1=Nc1ccccc1. The first-order valence-electron chi connectivity index (χ1n) is 9.46. The van der Waals surface area contributed by atoms with E-state index in [9.17, 15) is 4.79 Å². The molecule has 30 heavy (non-hydrogen) atoms. The van der Waals surface area contributed by atoms with E-state index in [1.807, 2.05) is 61.5 Å². The number of halogens is 2. The molecule has 7 heteroatoms. The van der Waals surface area contributed by atoms with E-state index in [1.54, 1.807) is 17.0 Å². The molecule has 2 aromatic carbocycles. The van der Waals surface area contributed by atoms with E-state index in [0.29, 0.717) is 43.7 Å². The van der Waals surface area contributed by atoms with Crippen molar-refractivity contribution in [3.05, 3.63) is 81.4 Å². The monoisotopic (exact) mass is 456 g/mol. The van der Waals surface area contributed by atoms with Gasteiger partial charge in [-0.25, -0.2) is 4.99 Å². The van der Waals surface area contributed by atoms with E-state index in [1.165, 1.54) is 11.8 Å². The van der Waals surface area contributed by atoms with E-state index >= 15 is 0 Å². The maximum absolute atomic E-state index is 13.0. The maximum Gasteiger partial charge on any atom is 0.266 e. The molecule has 3 aromatic rings. The second-order valence-corrected chi connectivity index (χ2v) is 8.40. The Hall–Kier alpha value is -2.47. The van der Waals surface area contributed by atoms with Crippen LogP contribution in [0.5, 0.6) is 0 Å². The quantitative estimate of drug-likeness (QED) is 0.379. The number of thioether (sulfide) groups is 1. The number of hydrogen-bond acceptors (Lipinski definition) is 4. The first kappa shape index (κ1) is 20.8. The van der Waals surface area contributed by atoms with Crippen molar-refractivity contribution in [2.75, 3.05) is 6.54 Å². The fraction of sp³-hybridized carbons (Fsp3) is 0.130. The van der Waals surface area contributed by atoms with Gasteiger partial charge in [0.15, 0.2) is 5.17 Å². The molecule has 0 saturated carbocycles. The van der Waals surface area contributed by atoms with E-state index in [-0.39, 0.29) is 5.91 Å². The zero-order chi connectivity index (χ0) is 21.1. The van der Waals surface area contributed by atoms with Crippen LogP contribution in [0.1, 0.15) is 19.1 Å². The molecule has 0 radical (unpaired) electrons. The second kappa shape index (κ2) is 9.13. The third-order valence-electron chi connectivity index (χ3n) is 4.43. The smallest absolute Gasteiger partial charge is 0.266 e. The Balaban J connectivity index is 1.64. The van der Waals surface area contributed by atoms with Crippen molar-refractivity contribution in [1.29, 1.82) is 0 Å². The number of carbonyl (C=O) groups excluding carboxylic acids is 1. The maximum atomic E-state index is 13.0. The zero-order valence-corrected chi connectivity index (χ0v) is 18.5. The number of benzene rings is 2. The van der Waals surface area contributed by atoms with Crippen LogP contribution in [0.15, 0.2) is 75.0 Å². The Morgan fingerprint density at radius 3 is 2.63 bits per heavy atom. The summed E-state index contributed by atoms with van der Waals surface area (Å²) in [6.07, 6.45) is 2.58. The summed E-state index contributed by atoms with van der Waals surface area (Å²) < 4.78 is 5.92. The van der Waals surface area contributed by atoms with Gasteiger partial charge in [0.25, 0.3) is 5.91 Å². The number of nitrogens with zero attached hydrogens (tertiary/aromatic N) is 2. The largest absolute Gasteiger partial charge is 0.457 e. The van der Waals surface area contributed by atoms with Crippen LogP contribution in [0.25, 0.3) is 17.4 Å². The van der Waals surface area contributed by atoms with Crippen LogP contribution in [0.4, 0.5) is 5.69 Å². The van der Waals surface area contributed by atoms with Crippen molar-refractivity contribution in [2.45, 2.75) is 13.3 Å². The minimum atomic E-state index is -0.0738. The van der Waals surface area contributed by atoms with Gasteiger partial charge in [0.05, 0.1) is 20.6 Å². The molecule has 0 atom stereocenters. The zero-order valence-electron chi connectivity index (χ0n) is 16.1. The van der Waals surface area contributed by atoms with Gasteiger partial charge in [-0.15, -0.1) is 0 Å². The van der Waals surface area contributed by atoms with E-state index < -0.39 is 0 Å². The van der Waals surface area contributed by atoms with Crippen molar-refractivity contribution >= 4 is 57.8 Å². The summed E-state index contributed by atoms with van der Waals surface area (Å²) in [4.78, 5) is 19.9. The fourth-order valence-corrected chi connectivity index (χ4v) is 4.42. The number of para-hydroxylation sites is 1. The molecule has 2 heterocycles. The third-order valence-corrected chi connectivity index (χ3v) is 6.26. The molecule has 0 unspecified atom stereocenters. The van der Waals surface area contributed by atoms with Gasteiger partial charge < -0.3 is 4.42 Å². The molecule has 1 aliphatic rings. The van der Waals surface area contributed by atoms with Gasteiger partial charge in [0, 0.05) is 18.2 Å². The molecule has 4 nitrogen and oxygen atoms in total. The number of amides is 1. The van der Waals surface area contributed by atoms with Crippen LogP contribution in [0.2, 0.25) is 10.0 Å². The predicted molar refractivity (Wildman–Crippen MR) is 125 cm³/mol. The predicted octanol–water partition coefficient (Wildman–Crippen LogP) is 7.27. The Morgan fingerprint density at radius 1 is 1.07 bits per heavy atom. The molecule has 0 bridgehead atoms. The molecule has 1 saturated heterocycles. The normalized spacial score (nSPS) is 16.8. The standard InChI is InChI=1S/C23H18Cl2N2O2S/c1-2-13-27-22(28)20(30-23(27)26-15-7-4-3-5-8-15)14-16-11-12-19(29-16)17-9-6-10-18(24)21(17)25/h3-12,14H,2,13H2,1H3. The van der Waals surface area contributed by atoms with Gasteiger partial charge in [0.1, 0.15) is 11.5 Å². The Labute approximate surface area is 189 Å². The van der Waals surface area contributed by atoms with Gasteiger partial charge in [0.2, 0.25) is 0 Å². The molecule has 0 aliphatic carbocycles. The molecule has 1 aliphatic heterocycles. The number of furan rings is 1. The molecule has 1 aromatic heterocycles. The highest BCUT2D eigenvalue weighted by atomic mass is 35.5. The average molecular weight is 457 g/mol. The van der Waals surface area contributed by atoms with Crippen molar-refractivity contribution in [3.63, 3.8) is 0 Å². The van der Waals surface area contributed by atoms with E-state index in [2.05, 4.69) is 4.99 Å². The lowest BCUT2D eigenvalue weighted by Gasteiger charge is -2.13. The van der Waals surface area contributed by atoms with Crippen molar-refractivity contribution in [1.82, 2.24) is 4.90 Å². The molecule has 0 spiro atoms. The Bertz CT molecular complexity index is 1140. The molecular formula is C23H18Cl2N2O2S. The van der Waals surface area contributed by atoms with Crippen molar-refractivity contribution in [3.8, 4) is 11.3 Å². The van der Waals surface area contributed by atoms with Crippen LogP contribution in [0, 0.1) is 0 Å². The van der Waals surface area contributed by atoms with Gasteiger partial charge in [-0.05, 0) is 54.6 Å². The second-order valence-electron chi connectivity index (χ2n) is 6.60. The summed E-state index contributed by atoms with van der Waals surface area (Å²) in [5.41, 5.74) is 1.52. The van der Waals surface area contributed by atoms with Crippen LogP contribution in [-0.2, 0) is 4.79 Å². The van der Waals surface area contributed by atoms with E-state index in [4.69, 9.17) is 27.6 Å².